The summed E-state index contributed by atoms with van der Waals surface area (Å²) < 4.78 is 0. The van der Waals surface area contributed by atoms with E-state index in [-0.39, 0.29) is 11.3 Å². The van der Waals surface area contributed by atoms with Gasteiger partial charge in [-0.25, -0.2) is 5.43 Å². The maximum atomic E-state index is 12.1. The van der Waals surface area contributed by atoms with Gasteiger partial charge in [0.05, 0.1) is 17.8 Å². The van der Waals surface area contributed by atoms with Crippen molar-refractivity contribution in [3.8, 4) is 0 Å². The second-order valence-electron chi connectivity index (χ2n) is 7.29. The van der Waals surface area contributed by atoms with Gasteiger partial charge in [0.25, 0.3) is 5.91 Å². The molecular weight excluding hydrogens is 346 g/mol. The minimum atomic E-state index is -0.183. The van der Waals surface area contributed by atoms with E-state index in [1.54, 1.807) is 0 Å². The molecular formula is C21H22ClN3O. The number of hydrogen-bond donors (Lipinski definition) is 2. The number of halogens is 1. The first-order valence-electron chi connectivity index (χ1n) is 8.52. The minimum Gasteiger partial charge on any atom is -0.379 e. The van der Waals surface area contributed by atoms with Crippen molar-refractivity contribution in [2.45, 2.75) is 26.2 Å². The summed E-state index contributed by atoms with van der Waals surface area (Å²) in [5.41, 5.74) is 7.06. The molecule has 1 aliphatic rings. The molecule has 0 spiro atoms. The van der Waals surface area contributed by atoms with Gasteiger partial charge in [-0.1, -0.05) is 56.6 Å². The van der Waals surface area contributed by atoms with Gasteiger partial charge in [0.15, 0.2) is 0 Å². The van der Waals surface area contributed by atoms with E-state index < -0.39 is 0 Å². The highest BCUT2D eigenvalue weighted by atomic mass is 35.5. The first-order chi connectivity index (χ1) is 12.3. The van der Waals surface area contributed by atoms with E-state index in [2.05, 4.69) is 48.7 Å². The number of nitrogens with zero attached hydrogens (tertiary/aromatic N) is 1. The van der Waals surface area contributed by atoms with Gasteiger partial charge in [0, 0.05) is 10.7 Å². The monoisotopic (exact) mass is 367 g/mol. The Morgan fingerprint density at radius 3 is 2.35 bits per heavy atom. The SMILES string of the molecule is CC(C)(C)c1ccc(/C=C2/C(=O)NN=C2CNc2ccc(Cl)cc2)cc1. The maximum Gasteiger partial charge on any atom is 0.273 e. The molecule has 2 aromatic rings. The van der Waals surface area contributed by atoms with Crippen LogP contribution in [0.25, 0.3) is 6.08 Å². The molecule has 134 valence electrons. The molecule has 5 heteroatoms. The van der Waals surface area contributed by atoms with Crippen LogP contribution in [0.4, 0.5) is 5.69 Å². The molecule has 2 N–H and O–H groups in total. The Labute approximate surface area is 159 Å². The van der Waals surface area contributed by atoms with Crippen LogP contribution in [-0.4, -0.2) is 18.2 Å². The number of hydrogen-bond acceptors (Lipinski definition) is 3. The van der Waals surface area contributed by atoms with Gasteiger partial charge in [0.2, 0.25) is 0 Å². The molecule has 0 unspecified atom stereocenters. The Balaban J connectivity index is 1.74. The van der Waals surface area contributed by atoms with Gasteiger partial charge < -0.3 is 5.32 Å². The summed E-state index contributed by atoms with van der Waals surface area (Å²) in [4.78, 5) is 12.1. The van der Waals surface area contributed by atoms with Crippen molar-refractivity contribution < 1.29 is 4.79 Å². The van der Waals surface area contributed by atoms with E-state index in [0.717, 1.165) is 11.3 Å². The molecule has 0 radical (unpaired) electrons. The first kappa shape index (κ1) is 18.2. The highest BCUT2D eigenvalue weighted by molar-refractivity contribution is 6.30. The maximum absolute atomic E-state index is 12.1. The normalized spacial score (nSPS) is 15.8. The highest BCUT2D eigenvalue weighted by Crippen LogP contribution is 2.23. The molecule has 0 fully saturated rings. The van der Waals surface area contributed by atoms with Crippen molar-refractivity contribution in [3.63, 3.8) is 0 Å². The van der Waals surface area contributed by atoms with Crippen molar-refractivity contribution in [3.05, 3.63) is 70.3 Å². The molecule has 0 aromatic heterocycles. The van der Waals surface area contributed by atoms with E-state index in [1.165, 1.54) is 5.56 Å². The second kappa shape index (κ2) is 7.34. The van der Waals surface area contributed by atoms with E-state index in [4.69, 9.17) is 11.6 Å². The van der Waals surface area contributed by atoms with Gasteiger partial charge in [-0.3, -0.25) is 4.79 Å². The van der Waals surface area contributed by atoms with Crippen LogP contribution in [0.3, 0.4) is 0 Å². The van der Waals surface area contributed by atoms with Crippen molar-refractivity contribution in [1.29, 1.82) is 0 Å². The zero-order chi connectivity index (χ0) is 18.7. The fourth-order valence-corrected chi connectivity index (χ4v) is 2.78. The number of nitrogens with one attached hydrogen (secondary N) is 2. The highest BCUT2D eigenvalue weighted by Gasteiger charge is 2.22. The predicted octanol–water partition coefficient (Wildman–Crippen LogP) is 4.62. The van der Waals surface area contributed by atoms with Crippen molar-refractivity contribution >= 4 is 35.0 Å². The molecule has 0 saturated carbocycles. The molecule has 3 rings (SSSR count). The van der Waals surface area contributed by atoms with Gasteiger partial charge in [-0.05, 0) is 46.9 Å². The summed E-state index contributed by atoms with van der Waals surface area (Å²) in [7, 11) is 0. The predicted molar refractivity (Wildman–Crippen MR) is 109 cm³/mol. The van der Waals surface area contributed by atoms with Crippen LogP contribution < -0.4 is 10.7 Å². The summed E-state index contributed by atoms with van der Waals surface area (Å²) in [5, 5.41) is 8.09. The van der Waals surface area contributed by atoms with Crippen LogP contribution in [0.2, 0.25) is 5.02 Å². The lowest BCUT2D eigenvalue weighted by atomic mass is 9.86. The van der Waals surface area contributed by atoms with Crippen LogP contribution in [0.1, 0.15) is 31.9 Å². The average Bonchev–Trinajstić information content (AvgIpc) is 2.94. The van der Waals surface area contributed by atoms with Crippen LogP contribution >= 0.6 is 11.6 Å². The summed E-state index contributed by atoms with van der Waals surface area (Å²) in [6, 6.07) is 15.7. The van der Waals surface area contributed by atoms with Crippen LogP contribution in [0, 0.1) is 0 Å². The van der Waals surface area contributed by atoms with E-state index in [9.17, 15) is 4.79 Å². The zero-order valence-electron chi connectivity index (χ0n) is 15.1. The van der Waals surface area contributed by atoms with E-state index in [1.807, 2.05) is 42.5 Å². The number of anilines is 1. The van der Waals surface area contributed by atoms with E-state index >= 15 is 0 Å². The molecule has 0 saturated heterocycles. The molecule has 2 aromatic carbocycles. The number of carbonyl (C=O) groups excluding carboxylic acids is 1. The zero-order valence-corrected chi connectivity index (χ0v) is 15.9. The number of carbonyl (C=O) groups is 1. The number of benzene rings is 2. The Morgan fingerprint density at radius 1 is 1.08 bits per heavy atom. The number of amides is 1. The molecule has 1 heterocycles. The number of rotatable bonds is 4. The lowest BCUT2D eigenvalue weighted by Crippen LogP contribution is -2.17. The third-order valence-electron chi connectivity index (χ3n) is 4.24. The summed E-state index contributed by atoms with van der Waals surface area (Å²) >= 11 is 5.90. The fourth-order valence-electron chi connectivity index (χ4n) is 2.65. The van der Waals surface area contributed by atoms with Gasteiger partial charge in [-0.15, -0.1) is 0 Å². The van der Waals surface area contributed by atoms with Crippen molar-refractivity contribution in [2.24, 2.45) is 5.10 Å². The largest absolute Gasteiger partial charge is 0.379 e. The summed E-state index contributed by atoms with van der Waals surface area (Å²) in [5.74, 6) is -0.183. The van der Waals surface area contributed by atoms with Gasteiger partial charge >= 0.3 is 0 Å². The Kier molecular flexibility index (Phi) is 5.14. The third-order valence-corrected chi connectivity index (χ3v) is 4.49. The molecule has 0 atom stereocenters. The number of hydrazone groups is 1. The van der Waals surface area contributed by atoms with Crippen molar-refractivity contribution in [2.75, 3.05) is 11.9 Å². The molecule has 0 aliphatic carbocycles. The summed E-state index contributed by atoms with van der Waals surface area (Å²) in [6.07, 6.45) is 1.87. The van der Waals surface area contributed by atoms with E-state index in [0.29, 0.717) is 22.9 Å². The first-order valence-corrected chi connectivity index (χ1v) is 8.90. The third kappa shape index (κ3) is 4.33. The molecule has 26 heavy (non-hydrogen) atoms. The van der Waals surface area contributed by atoms with Crippen LogP contribution in [0.5, 0.6) is 0 Å². The lowest BCUT2D eigenvalue weighted by Gasteiger charge is -2.18. The molecule has 1 aliphatic heterocycles. The Hall–Kier alpha value is -2.59. The van der Waals surface area contributed by atoms with Crippen LogP contribution in [-0.2, 0) is 10.2 Å². The molecule has 4 nitrogen and oxygen atoms in total. The van der Waals surface area contributed by atoms with Crippen molar-refractivity contribution in [1.82, 2.24) is 5.43 Å². The standard InChI is InChI=1S/C21H22ClN3O/c1-21(2,3)15-6-4-14(5-7-15)12-18-19(24-25-20(18)26)13-23-17-10-8-16(22)9-11-17/h4-12,23H,13H2,1-3H3,(H,25,26)/b18-12+. The minimum absolute atomic E-state index is 0.103. The Bertz CT molecular complexity index is 860. The van der Waals surface area contributed by atoms with Gasteiger partial charge in [0.1, 0.15) is 0 Å². The smallest absolute Gasteiger partial charge is 0.273 e. The molecule has 1 amide bonds. The topological polar surface area (TPSA) is 53.5 Å². The fraction of sp³-hybridized carbons (Fsp3) is 0.238. The van der Waals surface area contributed by atoms with Crippen LogP contribution in [0.15, 0.2) is 59.2 Å². The Morgan fingerprint density at radius 2 is 1.73 bits per heavy atom. The summed E-state index contributed by atoms with van der Waals surface area (Å²) in [6.45, 7) is 6.99. The quantitative estimate of drug-likeness (QED) is 0.775. The molecule has 0 bridgehead atoms. The van der Waals surface area contributed by atoms with Gasteiger partial charge in [-0.2, -0.15) is 5.10 Å². The average molecular weight is 368 g/mol. The second-order valence-corrected chi connectivity index (χ2v) is 7.73. The lowest BCUT2D eigenvalue weighted by molar-refractivity contribution is -0.116.